The van der Waals surface area contributed by atoms with Crippen LogP contribution in [-0.4, -0.2) is 33.9 Å². The Bertz CT molecular complexity index is 398. The van der Waals surface area contributed by atoms with Crippen molar-refractivity contribution in [2.75, 3.05) is 13.1 Å². The second-order valence-electron chi connectivity index (χ2n) is 6.12. The monoisotopic (exact) mass is 252 g/mol. The van der Waals surface area contributed by atoms with Gasteiger partial charge in [-0.15, -0.1) is 0 Å². The van der Waals surface area contributed by atoms with Crippen LogP contribution in [0, 0.1) is 5.92 Å². The van der Waals surface area contributed by atoms with Gasteiger partial charge in [-0.1, -0.05) is 25.9 Å². The molecule has 2 heterocycles. The molecule has 4 nitrogen and oxygen atoms in total. The van der Waals surface area contributed by atoms with E-state index < -0.39 is 5.60 Å². The van der Waals surface area contributed by atoms with E-state index >= 15 is 0 Å². The molecule has 0 aromatic carbocycles. The van der Waals surface area contributed by atoms with Crippen molar-refractivity contribution in [3.05, 3.63) is 17.5 Å². The number of hydrogen-bond donors (Lipinski definition) is 1. The molecule has 2 atom stereocenters. The van der Waals surface area contributed by atoms with Crippen molar-refractivity contribution in [1.82, 2.24) is 10.1 Å². The summed E-state index contributed by atoms with van der Waals surface area (Å²) >= 11 is 0. The highest BCUT2D eigenvalue weighted by atomic mass is 16.5. The van der Waals surface area contributed by atoms with E-state index in [0.29, 0.717) is 11.8 Å². The summed E-state index contributed by atoms with van der Waals surface area (Å²) in [7, 11) is 0. The molecule has 0 bridgehead atoms. The zero-order valence-electron chi connectivity index (χ0n) is 11.8. The van der Waals surface area contributed by atoms with Gasteiger partial charge in [-0.3, -0.25) is 4.90 Å². The number of piperidine rings is 1. The predicted molar refractivity (Wildman–Crippen MR) is 70.3 cm³/mol. The van der Waals surface area contributed by atoms with E-state index in [1.54, 1.807) is 0 Å². The second-order valence-corrected chi connectivity index (χ2v) is 6.12. The molecule has 18 heavy (non-hydrogen) atoms. The van der Waals surface area contributed by atoms with Gasteiger partial charge < -0.3 is 9.63 Å². The number of aliphatic hydroxyl groups is 1. The SMILES string of the molecule is CC(C)c1cc(CN2CC[C@@](C)(O)[C@@H](C)C2)on1. The Morgan fingerprint density at radius 2 is 2.33 bits per heavy atom. The molecular weight excluding hydrogens is 228 g/mol. The van der Waals surface area contributed by atoms with E-state index in [4.69, 9.17) is 4.52 Å². The van der Waals surface area contributed by atoms with Gasteiger partial charge >= 0.3 is 0 Å². The Kier molecular flexibility index (Phi) is 3.78. The molecule has 4 heteroatoms. The van der Waals surface area contributed by atoms with E-state index in [2.05, 4.69) is 30.8 Å². The molecule has 1 aliphatic rings. The summed E-state index contributed by atoms with van der Waals surface area (Å²) < 4.78 is 5.36. The molecule has 0 radical (unpaired) electrons. The highest BCUT2D eigenvalue weighted by molar-refractivity contribution is 5.09. The molecular formula is C14H24N2O2. The average Bonchev–Trinajstić information content (AvgIpc) is 2.73. The summed E-state index contributed by atoms with van der Waals surface area (Å²) in [5, 5.41) is 14.2. The van der Waals surface area contributed by atoms with Gasteiger partial charge in [0.1, 0.15) is 0 Å². The van der Waals surface area contributed by atoms with Gasteiger partial charge in [0.15, 0.2) is 5.76 Å². The Balaban J connectivity index is 1.94. The van der Waals surface area contributed by atoms with Gasteiger partial charge in [-0.2, -0.15) is 0 Å². The lowest BCUT2D eigenvalue weighted by Crippen LogP contribution is -2.48. The quantitative estimate of drug-likeness (QED) is 0.897. The first-order valence-electron chi connectivity index (χ1n) is 6.78. The van der Waals surface area contributed by atoms with Gasteiger partial charge in [0.05, 0.1) is 17.8 Å². The van der Waals surface area contributed by atoms with Crippen LogP contribution in [0.4, 0.5) is 0 Å². The van der Waals surface area contributed by atoms with Crippen molar-refractivity contribution in [1.29, 1.82) is 0 Å². The fraction of sp³-hybridized carbons (Fsp3) is 0.786. The number of rotatable bonds is 3. The predicted octanol–water partition coefficient (Wildman–Crippen LogP) is 2.39. The third-order valence-electron chi connectivity index (χ3n) is 4.08. The van der Waals surface area contributed by atoms with Crippen LogP contribution < -0.4 is 0 Å². The summed E-state index contributed by atoms with van der Waals surface area (Å²) in [5.41, 5.74) is 0.489. The van der Waals surface area contributed by atoms with Crippen molar-refractivity contribution in [2.45, 2.75) is 52.2 Å². The van der Waals surface area contributed by atoms with Gasteiger partial charge in [-0.25, -0.2) is 0 Å². The van der Waals surface area contributed by atoms with E-state index in [9.17, 15) is 5.11 Å². The van der Waals surface area contributed by atoms with Crippen LogP contribution in [0.2, 0.25) is 0 Å². The van der Waals surface area contributed by atoms with Crippen LogP contribution in [-0.2, 0) is 6.54 Å². The molecule has 1 fully saturated rings. The number of aromatic nitrogens is 1. The summed E-state index contributed by atoms with van der Waals surface area (Å²) in [4.78, 5) is 2.33. The van der Waals surface area contributed by atoms with E-state index in [0.717, 1.165) is 37.5 Å². The third kappa shape index (κ3) is 2.93. The minimum Gasteiger partial charge on any atom is -0.390 e. The molecule has 2 rings (SSSR count). The second kappa shape index (κ2) is 5.02. The maximum absolute atomic E-state index is 10.1. The molecule has 102 valence electrons. The molecule has 0 unspecified atom stereocenters. The summed E-state index contributed by atoms with van der Waals surface area (Å²) in [6.07, 6.45) is 0.819. The minimum atomic E-state index is -0.527. The van der Waals surface area contributed by atoms with Crippen LogP contribution in [0.1, 0.15) is 51.5 Å². The topological polar surface area (TPSA) is 49.5 Å². The molecule has 0 amide bonds. The maximum Gasteiger partial charge on any atom is 0.150 e. The molecule has 1 saturated heterocycles. The van der Waals surface area contributed by atoms with E-state index in [1.165, 1.54) is 0 Å². The van der Waals surface area contributed by atoms with Crippen molar-refractivity contribution >= 4 is 0 Å². The zero-order chi connectivity index (χ0) is 13.3. The first-order valence-corrected chi connectivity index (χ1v) is 6.78. The normalized spacial score (nSPS) is 30.0. The summed E-state index contributed by atoms with van der Waals surface area (Å²) in [5.74, 6) is 1.62. The van der Waals surface area contributed by atoms with Crippen molar-refractivity contribution in [3.8, 4) is 0 Å². The first kappa shape index (κ1) is 13.6. The van der Waals surface area contributed by atoms with Gasteiger partial charge in [0.25, 0.3) is 0 Å². The Labute approximate surface area is 109 Å². The van der Waals surface area contributed by atoms with Gasteiger partial charge in [0.2, 0.25) is 0 Å². The van der Waals surface area contributed by atoms with Crippen LogP contribution in [0.25, 0.3) is 0 Å². The largest absolute Gasteiger partial charge is 0.390 e. The van der Waals surface area contributed by atoms with Gasteiger partial charge in [-0.05, 0) is 25.2 Å². The number of hydrogen-bond acceptors (Lipinski definition) is 4. The smallest absolute Gasteiger partial charge is 0.150 e. The average molecular weight is 252 g/mol. The highest BCUT2D eigenvalue weighted by Crippen LogP contribution is 2.28. The molecule has 1 N–H and O–H groups in total. The zero-order valence-corrected chi connectivity index (χ0v) is 11.8. The third-order valence-corrected chi connectivity index (χ3v) is 4.08. The fourth-order valence-corrected chi connectivity index (χ4v) is 2.35. The molecule has 0 aliphatic carbocycles. The lowest BCUT2D eigenvalue weighted by atomic mass is 9.84. The van der Waals surface area contributed by atoms with Crippen LogP contribution >= 0.6 is 0 Å². The lowest BCUT2D eigenvalue weighted by Gasteiger charge is -2.40. The Morgan fingerprint density at radius 3 is 2.89 bits per heavy atom. The number of nitrogens with zero attached hydrogens (tertiary/aromatic N) is 2. The lowest BCUT2D eigenvalue weighted by molar-refractivity contribution is -0.0537. The molecule has 1 aliphatic heterocycles. The van der Waals surface area contributed by atoms with E-state index in [-0.39, 0.29) is 0 Å². The van der Waals surface area contributed by atoms with Crippen LogP contribution in [0.15, 0.2) is 10.6 Å². The first-order chi connectivity index (χ1) is 8.38. The van der Waals surface area contributed by atoms with E-state index in [1.807, 2.05) is 13.0 Å². The van der Waals surface area contributed by atoms with Crippen LogP contribution in [0.3, 0.4) is 0 Å². The highest BCUT2D eigenvalue weighted by Gasteiger charge is 2.34. The summed E-state index contributed by atoms with van der Waals surface area (Å²) in [6, 6.07) is 2.04. The molecule has 1 aromatic rings. The summed E-state index contributed by atoms with van der Waals surface area (Å²) in [6.45, 7) is 10.9. The molecule has 0 spiro atoms. The van der Waals surface area contributed by atoms with Gasteiger partial charge in [0, 0.05) is 19.2 Å². The maximum atomic E-state index is 10.1. The Hall–Kier alpha value is -0.870. The molecule has 0 saturated carbocycles. The fourth-order valence-electron chi connectivity index (χ4n) is 2.35. The van der Waals surface area contributed by atoms with Crippen molar-refractivity contribution in [3.63, 3.8) is 0 Å². The Morgan fingerprint density at radius 1 is 1.61 bits per heavy atom. The standard InChI is InChI=1S/C14H24N2O2/c1-10(2)13-7-12(18-15-13)9-16-6-5-14(4,17)11(3)8-16/h7,10-11,17H,5-6,8-9H2,1-4H3/t11-,14+/m0/s1. The van der Waals surface area contributed by atoms with Crippen molar-refractivity contribution < 1.29 is 9.63 Å². The number of likely N-dealkylation sites (tertiary alicyclic amines) is 1. The molecule has 1 aromatic heterocycles. The van der Waals surface area contributed by atoms with Crippen molar-refractivity contribution in [2.24, 2.45) is 5.92 Å². The van der Waals surface area contributed by atoms with Crippen LogP contribution in [0.5, 0.6) is 0 Å². The minimum absolute atomic E-state index is 0.291.